The van der Waals surface area contributed by atoms with Crippen molar-refractivity contribution in [2.45, 2.75) is 41.2 Å². The molecule has 0 atom stereocenters. The Labute approximate surface area is 156 Å². The minimum Gasteiger partial charge on any atom is -0.364 e. The van der Waals surface area contributed by atoms with E-state index in [0.29, 0.717) is 17.2 Å². The van der Waals surface area contributed by atoms with Gasteiger partial charge in [-0.15, -0.1) is 0 Å². The van der Waals surface area contributed by atoms with Crippen LogP contribution in [0.25, 0.3) is 33.5 Å². The largest absolute Gasteiger partial charge is 0.364 e. The molecule has 8 nitrogen and oxygen atoms in total. The molecule has 0 radical (unpaired) electrons. The van der Waals surface area contributed by atoms with Crippen LogP contribution in [0.5, 0.6) is 0 Å². The van der Waals surface area contributed by atoms with Crippen molar-refractivity contribution in [2.75, 3.05) is 0 Å². The molecule has 1 amide bonds. The number of rotatable bonds is 3. The molecular weight excluding hydrogens is 342 g/mol. The van der Waals surface area contributed by atoms with Crippen molar-refractivity contribution in [2.24, 2.45) is 5.73 Å². The molecule has 0 fully saturated rings. The van der Waals surface area contributed by atoms with E-state index in [1.807, 2.05) is 45.4 Å². The highest BCUT2D eigenvalue weighted by Crippen LogP contribution is 2.27. The summed E-state index contributed by atoms with van der Waals surface area (Å²) in [6.45, 7) is 10.5. The Morgan fingerprint density at radius 3 is 2.59 bits per heavy atom. The molecule has 0 aromatic carbocycles. The number of fused-ring (bicyclic) bond motifs is 3. The molecule has 0 aliphatic carbocycles. The van der Waals surface area contributed by atoms with Crippen molar-refractivity contribution in [1.29, 1.82) is 0 Å². The molecule has 4 aromatic rings. The fourth-order valence-corrected chi connectivity index (χ4v) is 3.05. The summed E-state index contributed by atoms with van der Waals surface area (Å²) in [5.74, 6) is 0.0430. The number of primary amides is 1. The van der Waals surface area contributed by atoms with Crippen molar-refractivity contribution in [1.82, 2.24) is 29.7 Å². The van der Waals surface area contributed by atoms with Gasteiger partial charge in [0.15, 0.2) is 5.82 Å². The third-order valence-electron chi connectivity index (χ3n) is 4.21. The van der Waals surface area contributed by atoms with Crippen molar-refractivity contribution in [3.8, 4) is 11.5 Å². The molecule has 140 valence electrons. The van der Waals surface area contributed by atoms with Gasteiger partial charge in [0.1, 0.15) is 17.0 Å². The van der Waals surface area contributed by atoms with E-state index in [4.69, 9.17) is 5.73 Å². The molecule has 27 heavy (non-hydrogen) atoms. The van der Waals surface area contributed by atoms with Gasteiger partial charge in [-0.25, -0.2) is 15.0 Å². The summed E-state index contributed by atoms with van der Waals surface area (Å²) in [5.41, 5.74) is 9.60. The Morgan fingerprint density at radius 1 is 1.19 bits per heavy atom. The predicted molar refractivity (Wildman–Crippen MR) is 105 cm³/mol. The maximum absolute atomic E-state index is 11.5. The van der Waals surface area contributed by atoms with E-state index in [9.17, 15) is 4.79 Å². The van der Waals surface area contributed by atoms with Gasteiger partial charge < -0.3 is 10.7 Å². The molecule has 4 aromatic heterocycles. The van der Waals surface area contributed by atoms with E-state index < -0.39 is 5.91 Å². The van der Waals surface area contributed by atoms with Crippen molar-refractivity contribution < 1.29 is 4.79 Å². The number of pyridine rings is 1. The average molecular weight is 365 g/mol. The summed E-state index contributed by atoms with van der Waals surface area (Å²) in [6, 6.07) is 3.64. The van der Waals surface area contributed by atoms with Gasteiger partial charge in [-0.05, 0) is 32.9 Å². The minimum absolute atomic E-state index is 0.231. The number of amides is 1. The van der Waals surface area contributed by atoms with Crippen LogP contribution < -0.4 is 5.73 Å². The standard InChI is InChI=1S/C17H17N7O.C2H6/c1-4-24-13(5-8(2)23-24)17-19-7-11-10-6-12(15(18)25)20-9(3)14(10)21-16(11)22-17;1-2/h5-7H,4H2,1-3H3,(H2,18,25)(H,19,21,22);1-2H3. The van der Waals surface area contributed by atoms with E-state index in [0.717, 1.165) is 34.2 Å². The lowest BCUT2D eigenvalue weighted by Gasteiger charge is -2.02. The van der Waals surface area contributed by atoms with Crippen LogP contribution >= 0.6 is 0 Å². The van der Waals surface area contributed by atoms with Crippen LogP contribution in [0.2, 0.25) is 0 Å². The van der Waals surface area contributed by atoms with E-state index >= 15 is 0 Å². The number of hydrogen-bond donors (Lipinski definition) is 2. The molecule has 0 aliphatic rings. The van der Waals surface area contributed by atoms with Gasteiger partial charge >= 0.3 is 0 Å². The molecule has 0 bridgehead atoms. The zero-order valence-electron chi connectivity index (χ0n) is 16.2. The Balaban J connectivity index is 0.00000102. The Hall–Kier alpha value is -3.29. The smallest absolute Gasteiger partial charge is 0.267 e. The van der Waals surface area contributed by atoms with Crippen LogP contribution in [0.15, 0.2) is 18.3 Å². The maximum atomic E-state index is 11.5. The number of carbonyl (C=O) groups excluding carboxylic acids is 1. The lowest BCUT2D eigenvalue weighted by molar-refractivity contribution is 0.0995. The van der Waals surface area contributed by atoms with Crippen LogP contribution in [0, 0.1) is 13.8 Å². The third-order valence-corrected chi connectivity index (χ3v) is 4.21. The molecule has 4 rings (SSSR count). The summed E-state index contributed by atoms with van der Waals surface area (Å²) >= 11 is 0. The lowest BCUT2D eigenvalue weighted by atomic mass is 10.2. The van der Waals surface area contributed by atoms with Crippen LogP contribution in [0.3, 0.4) is 0 Å². The second-order valence-corrected chi connectivity index (χ2v) is 5.95. The highest BCUT2D eigenvalue weighted by atomic mass is 16.1. The number of nitrogens with zero attached hydrogens (tertiary/aromatic N) is 5. The highest BCUT2D eigenvalue weighted by molar-refractivity contribution is 6.08. The fourth-order valence-electron chi connectivity index (χ4n) is 3.05. The molecule has 4 heterocycles. The number of H-pyrrole nitrogens is 1. The fraction of sp³-hybridized carbons (Fsp3) is 0.316. The number of aryl methyl sites for hydroxylation is 3. The van der Waals surface area contributed by atoms with Crippen LogP contribution in [0.4, 0.5) is 0 Å². The summed E-state index contributed by atoms with van der Waals surface area (Å²) in [4.78, 5) is 28.1. The van der Waals surface area contributed by atoms with Crippen LogP contribution in [-0.2, 0) is 6.54 Å². The lowest BCUT2D eigenvalue weighted by Crippen LogP contribution is -2.13. The zero-order chi connectivity index (χ0) is 19.7. The van der Waals surface area contributed by atoms with Gasteiger partial charge in [-0.3, -0.25) is 9.48 Å². The number of carbonyl (C=O) groups is 1. The van der Waals surface area contributed by atoms with E-state index in [2.05, 4.69) is 25.0 Å². The number of nitrogens with two attached hydrogens (primary N) is 1. The maximum Gasteiger partial charge on any atom is 0.267 e. The second-order valence-electron chi connectivity index (χ2n) is 5.95. The van der Waals surface area contributed by atoms with Crippen molar-refractivity contribution >= 4 is 27.8 Å². The Kier molecular flexibility index (Phi) is 4.89. The predicted octanol–water partition coefficient (Wildman–Crippen LogP) is 3.13. The monoisotopic (exact) mass is 365 g/mol. The quantitative estimate of drug-likeness (QED) is 0.579. The van der Waals surface area contributed by atoms with Gasteiger partial charge in [0, 0.05) is 23.5 Å². The molecule has 0 aliphatic heterocycles. The SMILES string of the molecule is CC.CCn1nc(C)cc1-c1ncc2c(n1)[nH]c1c(C)nc(C(N)=O)cc12. The number of aromatic nitrogens is 6. The van der Waals surface area contributed by atoms with Crippen molar-refractivity contribution in [3.05, 3.63) is 35.4 Å². The summed E-state index contributed by atoms with van der Waals surface area (Å²) in [7, 11) is 0. The number of aromatic amines is 1. The summed E-state index contributed by atoms with van der Waals surface area (Å²) < 4.78 is 1.87. The van der Waals surface area contributed by atoms with E-state index in [-0.39, 0.29) is 5.69 Å². The molecule has 0 saturated carbocycles. The first kappa shape index (κ1) is 18.5. The van der Waals surface area contributed by atoms with Gasteiger partial charge in [0.05, 0.1) is 16.9 Å². The first-order valence-corrected chi connectivity index (χ1v) is 8.98. The second kappa shape index (κ2) is 7.14. The molecule has 0 unspecified atom stereocenters. The van der Waals surface area contributed by atoms with E-state index in [1.54, 1.807) is 12.3 Å². The van der Waals surface area contributed by atoms with Crippen LogP contribution in [0.1, 0.15) is 42.6 Å². The zero-order valence-corrected chi connectivity index (χ0v) is 16.2. The summed E-state index contributed by atoms with van der Waals surface area (Å²) in [5, 5.41) is 6.10. The van der Waals surface area contributed by atoms with Gasteiger partial charge in [-0.2, -0.15) is 5.10 Å². The first-order valence-electron chi connectivity index (χ1n) is 8.98. The van der Waals surface area contributed by atoms with Crippen LogP contribution in [-0.4, -0.2) is 35.6 Å². The highest BCUT2D eigenvalue weighted by Gasteiger charge is 2.15. The van der Waals surface area contributed by atoms with Gasteiger partial charge in [-0.1, -0.05) is 13.8 Å². The molecule has 0 spiro atoms. The normalized spacial score (nSPS) is 10.9. The van der Waals surface area contributed by atoms with E-state index in [1.165, 1.54) is 0 Å². The molecule has 0 saturated heterocycles. The van der Waals surface area contributed by atoms with Gasteiger partial charge in [0.25, 0.3) is 5.91 Å². The van der Waals surface area contributed by atoms with Gasteiger partial charge in [0.2, 0.25) is 0 Å². The molecule has 8 heteroatoms. The minimum atomic E-state index is -0.556. The van der Waals surface area contributed by atoms with Crippen molar-refractivity contribution in [3.63, 3.8) is 0 Å². The molecular formula is C19H23N7O. The summed E-state index contributed by atoms with van der Waals surface area (Å²) in [6.07, 6.45) is 1.75. The number of nitrogens with one attached hydrogen (secondary N) is 1. The Morgan fingerprint density at radius 2 is 1.93 bits per heavy atom. The topological polar surface area (TPSA) is 115 Å². The molecule has 3 N–H and O–H groups in total. The first-order chi connectivity index (χ1) is 13.0. The third kappa shape index (κ3) is 3.14. The Bertz CT molecular complexity index is 1140. The number of hydrogen-bond acceptors (Lipinski definition) is 5. The average Bonchev–Trinajstić information content (AvgIpc) is 3.23.